The molecule has 3 rings (SSSR count). The first-order chi connectivity index (χ1) is 6.43. The van der Waals surface area contributed by atoms with E-state index in [-0.39, 0.29) is 0 Å². The summed E-state index contributed by atoms with van der Waals surface area (Å²) in [4.78, 5) is 2.75. The second-order valence-corrected chi connectivity index (χ2v) is 5.06. The number of fused-ring (bicyclic) bond motifs is 1. The van der Waals surface area contributed by atoms with Gasteiger partial charge in [-0.15, -0.1) is 0 Å². The summed E-state index contributed by atoms with van der Waals surface area (Å²) in [6, 6.07) is 0.871. The Morgan fingerprint density at radius 2 is 1.92 bits per heavy atom. The molecule has 1 aliphatic carbocycles. The Balaban J connectivity index is 1.57. The lowest BCUT2D eigenvalue weighted by Crippen LogP contribution is -2.40. The van der Waals surface area contributed by atoms with Crippen LogP contribution in [0.1, 0.15) is 25.7 Å². The number of nitrogens with one attached hydrogen (secondary N) is 1. The van der Waals surface area contributed by atoms with Crippen LogP contribution in [0.3, 0.4) is 0 Å². The van der Waals surface area contributed by atoms with E-state index in [1.807, 2.05) is 0 Å². The van der Waals surface area contributed by atoms with Crippen molar-refractivity contribution in [1.29, 1.82) is 0 Å². The topological polar surface area (TPSA) is 15.3 Å². The summed E-state index contributed by atoms with van der Waals surface area (Å²) in [6.45, 7) is 5.32. The Labute approximate surface area is 80.7 Å². The number of rotatable bonds is 1. The van der Waals surface area contributed by atoms with Crippen LogP contribution < -0.4 is 5.32 Å². The Morgan fingerprint density at radius 3 is 2.77 bits per heavy atom. The molecule has 0 radical (unpaired) electrons. The minimum absolute atomic E-state index is 0.871. The number of hydrogen-bond donors (Lipinski definition) is 1. The molecule has 3 aliphatic rings. The van der Waals surface area contributed by atoms with Gasteiger partial charge < -0.3 is 5.32 Å². The van der Waals surface area contributed by atoms with Crippen molar-refractivity contribution in [3.05, 3.63) is 0 Å². The minimum Gasteiger partial charge on any atom is -0.315 e. The van der Waals surface area contributed by atoms with Crippen molar-refractivity contribution >= 4 is 0 Å². The summed E-state index contributed by atoms with van der Waals surface area (Å²) in [5, 5.41) is 3.56. The number of piperidine rings is 1. The van der Waals surface area contributed by atoms with E-state index in [1.54, 1.807) is 0 Å². The van der Waals surface area contributed by atoms with Gasteiger partial charge in [0.15, 0.2) is 0 Å². The van der Waals surface area contributed by atoms with E-state index < -0.39 is 0 Å². The summed E-state index contributed by atoms with van der Waals surface area (Å²) in [5.41, 5.74) is 0. The molecule has 2 saturated heterocycles. The molecule has 13 heavy (non-hydrogen) atoms. The average molecular weight is 180 g/mol. The summed E-state index contributed by atoms with van der Waals surface area (Å²) >= 11 is 0. The van der Waals surface area contributed by atoms with Gasteiger partial charge in [0.05, 0.1) is 0 Å². The zero-order chi connectivity index (χ0) is 8.67. The lowest BCUT2D eigenvalue weighted by Gasteiger charge is -2.27. The second-order valence-electron chi connectivity index (χ2n) is 5.06. The monoisotopic (exact) mass is 180 g/mol. The van der Waals surface area contributed by atoms with Crippen LogP contribution in [0, 0.1) is 11.8 Å². The molecule has 0 bridgehead atoms. The van der Waals surface area contributed by atoms with Crippen LogP contribution in [0.2, 0.25) is 0 Å². The maximum absolute atomic E-state index is 3.56. The lowest BCUT2D eigenvalue weighted by atomic mass is 10.1. The minimum atomic E-state index is 0.871. The Bertz CT molecular complexity index is 175. The molecule has 0 aromatic heterocycles. The number of hydrogen-bond acceptors (Lipinski definition) is 2. The van der Waals surface area contributed by atoms with Gasteiger partial charge in [-0.3, -0.25) is 4.90 Å². The molecule has 1 saturated carbocycles. The predicted molar refractivity (Wildman–Crippen MR) is 53.7 cm³/mol. The Morgan fingerprint density at radius 1 is 1.08 bits per heavy atom. The van der Waals surface area contributed by atoms with Gasteiger partial charge in [-0.25, -0.2) is 0 Å². The molecule has 2 heterocycles. The molecule has 3 atom stereocenters. The maximum Gasteiger partial charge on any atom is 0.0220 e. The molecule has 0 aromatic rings. The highest BCUT2D eigenvalue weighted by Gasteiger charge is 2.46. The van der Waals surface area contributed by atoms with Crippen molar-refractivity contribution in [2.45, 2.75) is 31.7 Å². The van der Waals surface area contributed by atoms with Gasteiger partial charge in [-0.2, -0.15) is 0 Å². The van der Waals surface area contributed by atoms with Crippen LogP contribution in [0.5, 0.6) is 0 Å². The molecule has 3 unspecified atom stereocenters. The van der Waals surface area contributed by atoms with Gasteiger partial charge in [-0.1, -0.05) is 6.42 Å². The molecule has 3 fully saturated rings. The van der Waals surface area contributed by atoms with Crippen molar-refractivity contribution in [1.82, 2.24) is 10.2 Å². The van der Waals surface area contributed by atoms with Crippen LogP contribution in [-0.4, -0.2) is 37.1 Å². The highest BCUT2D eigenvalue weighted by Crippen LogP contribution is 2.45. The zero-order valence-electron chi connectivity index (χ0n) is 8.34. The van der Waals surface area contributed by atoms with Gasteiger partial charge in [0, 0.05) is 25.7 Å². The van der Waals surface area contributed by atoms with Crippen molar-refractivity contribution in [3.63, 3.8) is 0 Å². The van der Waals surface area contributed by atoms with Crippen LogP contribution in [0.15, 0.2) is 0 Å². The molecule has 2 nitrogen and oxygen atoms in total. The van der Waals surface area contributed by atoms with Crippen LogP contribution in [0.25, 0.3) is 0 Å². The van der Waals surface area contributed by atoms with E-state index in [4.69, 9.17) is 0 Å². The molecule has 0 aromatic carbocycles. The van der Waals surface area contributed by atoms with Crippen LogP contribution in [-0.2, 0) is 0 Å². The highest BCUT2D eigenvalue weighted by molar-refractivity contribution is 4.99. The summed E-state index contributed by atoms with van der Waals surface area (Å²) < 4.78 is 0. The SMILES string of the molecule is C1CCC(N2CC3CC3C2)CNC1. The molecule has 2 aliphatic heterocycles. The third kappa shape index (κ3) is 1.62. The van der Waals surface area contributed by atoms with E-state index in [0.717, 1.165) is 17.9 Å². The average Bonchev–Trinajstić information content (AvgIpc) is 2.85. The zero-order valence-corrected chi connectivity index (χ0v) is 8.34. The molecule has 1 N–H and O–H groups in total. The summed E-state index contributed by atoms with van der Waals surface area (Å²) in [5.74, 6) is 2.20. The van der Waals surface area contributed by atoms with Crippen molar-refractivity contribution in [3.8, 4) is 0 Å². The van der Waals surface area contributed by atoms with Gasteiger partial charge in [0.1, 0.15) is 0 Å². The fraction of sp³-hybridized carbons (Fsp3) is 1.00. The molecule has 0 amide bonds. The highest BCUT2D eigenvalue weighted by atomic mass is 15.2. The Kier molecular flexibility index (Phi) is 2.06. The molecular weight excluding hydrogens is 160 g/mol. The molecule has 74 valence electrons. The van der Waals surface area contributed by atoms with E-state index in [0.29, 0.717) is 0 Å². The predicted octanol–water partition coefficient (Wildman–Crippen LogP) is 1.08. The summed E-state index contributed by atoms with van der Waals surface area (Å²) in [6.07, 6.45) is 5.80. The lowest BCUT2D eigenvalue weighted by molar-refractivity contribution is 0.209. The van der Waals surface area contributed by atoms with E-state index >= 15 is 0 Å². The Hall–Kier alpha value is -0.0800. The quantitative estimate of drug-likeness (QED) is 0.649. The van der Waals surface area contributed by atoms with Gasteiger partial charge in [-0.05, 0) is 37.6 Å². The van der Waals surface area contributed by atoms with Crippen molar-refractivity contribution < 1.29 is 0 Å². The number of nitrogens with zero attached hydrogens (tertiary/aromatic N) is 1. The largest absolute Gasteiger partial charge is 0.315 e. The second kappa shape index (κ2) is 3.25. The van der Waals surface area contributed by atoms with E-state index in [2.05, 4.69) is 10.2 Å². The molecular formula is C11H20N2. The van der Waals surface area contributed by atoms with Gasteiger partial charge in [0.25, 0.3) is 0 Å². The van der Waals surface area contributed by atoms with Crippen molar-refractivity contribution in [2.24, 2.45) is 11.8 Å². The van der Waals surface area contributed by atoms with E-state index in [9.17, 15) is 0 Å². The van der Waals surface area contributed by atoms with Gasteiger partial charge in [0.2, 0.25) is 0 Å². The fourth-order valence-electron chi connectivity index (χ4n) is 3.04. The molecule has 2 heteroatoms. The van der Waals surface area contributed by atoms with Crippen LogP contribution in [0.4, 0.5) is 0 Å². The van der Waals surface area contributed by atoms with E-state index in [1.165, 1.54) is 51.9 Å². The first-order valence-electron chi connectivity index (χ1n) is 5.88. The third-order valence-corrected chi connectivity index (χ3v) is 4.04. The first-order valence-corrected chi connectivity index (χ1v) is 5.88. The third-order valence-electron chi connectivity index (χ3n) is 4.04. The smallest absolute Gasteiger partial charge is 0.0220 e. The summed E-state index contributed by atoms with van der Waals surface area (Å²) in [7, 11) is 0. The molecule has 0 spiro atoms. The number of likely N-dealkylation sites (tertiary alicyclic amines) is 1. The maximum atomic E-state index is 3.56. The first kappa shape index (κ1) is 8.25. The standard InChI is InChI=1S/C11H20N2/c1-2-4-12-6-11(3-1)13-7-9-5-10(9)8-13/h9-12H,1-8H2. The van der Waals surface area contributed by atoms with Crippen molar-refractivity contribution in [2.75, 3.05) is 26.2 Å². The van der Waals surface area contributed by atoms with Crippen LogP contribution >= 0.6 is 0 Å². The normalized spacial score (nSPS) is 45.7. The fourth-order valence-corrected chi connectivity index (χ4v) is 3.04. The van der Waals surface area contributed by atoms with Gasteiger partial charge >= 0.3 is 0 Å².